The molecule has 2 aromatic rings. The van der Waals surface area contributed by atoms with Gasteiger partial charge in [0.15, 0.2) is 0 Å². The van der Waals surface area contributed by atoms with Crippen LogP contribution >= 0.6 is 0 Å². The van der Waals surface area contributed by atoms with Crippen LogP contribution in [0.4, 0.5) is 8.78 Å². The number of amides is 1. The van der Waals surface area contributed by atoms with Crippen LogP contribution in [0.5, 0.6) is 0 Å². The number of hydrazone groups is 1. The van der Waals surface area contributed by atoms with E-state index >= 15 is 0 Å². The summed E-state index contributed by atoms with van der Waals surface area (Å²) in [5.74, 6) is -1.54. The SMILES string of the molecule is C/C(=N/NC(=O)c1ccoc1C)c1c(F)cccc1F. The average molecular weight is 278 g/mol. The van der Waals surface area contributed by atoms with Crippen LogP contribution in [0.3, 0.4) is 0 Å². The van der Waals surface area contributed by atoms with E-state index in [-0.39, 0.29) is 11.3 Å². The molecule has 0 fully saturated rings. The molecule has 0 aliphatic rings. The first-order chi connectivity index (χ1) is 9.50. The third-order valence-electron chi connectivity index (χ3n) is 2.75. The molecular weight excluding hydrogens is 266 g/mol. The van der Waals surface area contributed by atoms with Gasteiger partial charge in [0.25, 0.3) is 5.91 Å². The molecule has 0 spiro atoms. The monoisotopic (exact) mass is 278 g/mol. The van der Waals surface area contributed by atoms with Gasteiger partial charge in [-0.25, -0.2) is 14.2 Å². The van der Waals surface area contributed by atoms with E-state index in [4.69, 9.17) is 4.42 Å². The summed E-state index contributed by atoms with van der Waals surface area (Å²) < 4.78 is 32.0. The summed E-state index contributed by atoms with van der Waals surface area (Å²) in [6.45, 7) is 3.03. The molecular formula is C14H12F2N2O2. The number of carbonyl (C=O) groups excluding carboxylic acids is 1. The fourth-order valence-electron chi connectivity index (χ4n) is 1.71. The number of furan rings is 1. The molecule has 0 aliphatic carbocycles. The van der Waals surface area contributed by atoms with Crippen molar-refractivity contribution in [3.8, 4) is 0 Å². The lowest BCUT2D eigenvalue weighted by Gasteiger charge is -2.05. The van der Waals surface area contributed by atoms with Gasteiger partial charge in [-0.3, -0.25) is 4.79 Å². The summed E-state index contributed by atoms with van der Waals surface area (Å²) in [7, 11) is 0. The smallest absolute Gasteiger partial charge is 0.274 e. The van der Waals surface area contributed by atoms with Gasteiger partial charge in [0.2, 0.25) is 0 Å². The van der Waals surface area contributed by atoms with Gasteiger partial charge in [-0.1, -0.05) is 6.07 Å². The van der Waals surface area contributed by atoms with E-state index in [1.54, 1.807) is 6.92 Å². The zero-order chi connectivity index (χ0) is 14.7. The number of carbonyl (C=O) groups is 1. The second kappa shape index (κ2) is 5.64. The van der Waals surface area contributed by atoms with Gasteiger partial charge in [-0.2, -0.15) is 5.10 Å². The highest BCUT2D eigenvalue weighted by Gasteiger charge is 2.13. The second-order valence-electron chi connectivity index (χ2n) is 4.13. The number of rotatable bonds is 3. The van der Waals surface area contributed by atoms with E-state index in [0.717, 1.165) is 12.1 Å². The van der Waals surface area contributed by atoms with Gasteiger partial charge in [0, 0.05) is 0 Å². The summed E-state index contributed by atoms with van der Waals surface area (Å²) in [5, 5.41) is 3.71. The predicted octanol–water partition coefficient (Wildman–Crippen LogP) is 3.02. The van der Waals surface area contributed by atoms with Crippen LogP contribution < -0.4 is 5.43 Å². The highest BCUT2D eigenvalue weighted by atomic mass is 19.1. The number of hydrogen-bond donors (Lipinski definition) is 1. The molecule has 2 rings (SSSR count). The lowest BCUT2D eigenvalue weighted by molar-refractivity contribution is 0.0953. The summed E-state index contributed by atoms with van der Waals surface area (Å²) in [6, 6.07) is 4.99. The minimum atomic E-state index is -0.736. The Kier molecular flexibility index (Phi) is 3.93. The molecule has 0 atom stereocenters. The maximum atomic E-state index is 13.5. The van der Waals surface area contributed by atoms with E-state index < -0.39 is 17.5 Å². The third kappa shape index (κ3) is 2.74. The maximum Gasteiger partial charge on any atom is 0.274 e. The molecule has 1 aromatic carbocycles. The van der Waals surface area contributed by atoms with Crippen molar-refractivity contribution in [3.63, 3.8) is 0 Å². The highest BCUT2D eigenvalue weighted by molar-refractivity contribution is 6.01. The molecule has 1 aromatic heterocycles. The standard InChI is InChI=1S/C14H12F2N2O2/c1-8(13-11(15)4-3-5-12(13)16)17-18-14(19)10-6-7-20-9(10)2/h3-7H,1-2H3,(H,18,19)/b17-8-. The third-order valence-corrected chi connectivity index (χ3v) is 2.75. The zero-order valence-corrected chi connectivity index (χ0v) is 10.9. The first kappa shape index (κ1) is 13.9. The van der Waals surface area contributed by atoms with E-state index in [2.05, 4.69) is 10.5 Å². The molecule has 1 N–H and O–H groups in total. The van der Waals surface area contributed by atoms with Crippen LogP contribution in [0.2, 0.25) is 0 Å². The molecule has 0 saturated heterocycles. The Morgan fingerprint density at radius 3 is 2.45 bits per heavy atom. The van der Waals surface area contributed by atoms with Crippen LogP contribution in [-0.2, 0) is 0 Å². The zero-order valence-electron chi connectivity index (χ0n) is 10.9. The van der Waals surface area contributed by atoms with Crippen molar-refractivity contribution < 1.29 is 18.0 Å². The van der Waals surface area contributed by atoms with E-state index in [1.165, 1.54) is 25.3 Å². The van der Waals surface area contributed by atoms with Crippen LogP contribution in [-0.4, -0.2) is 11.6 Å². The summed E-state index contributed by atoms with van der Waals surface area (Å²) >= 11 is 0. The minimum absolute atomic E-state index is 0.0371. The number of aryl methyl sites for hydroxylation is 1. The summed E-state index contributed by atoms with van der Waals surface area (Å²) in [4.78, 5) is 11.8. The maximum absolute atomic E-state index is 13.5. The number of nitrogens with one attached hydrogen (secondary N) is 1. The fourth-order valence-corrected chi connectivity index (χ4v) is 1.71. The van der Waals surface area contributed by atoms with Crippen molar-refractivity contribution in [3.05, 3.63) is 59.1 Å². The minimum Gasteiger partial charge on any atom is -0.469 e. The lowest BCUT2D eigenvalue weighted by Crippen LogP contribution is -2.20. The van der Waals surface area contributed by atoms with Gasteiger partial charge in [0.1, 0.15) is 17.4 Å². The highest BCUT2D eigenvalue weighted by Crippen LogP contribution is 2.13. The van der Waals surface area contributed by atoms with Crippen LogP contribution in [0, 0.1) is 18.6 Å². The molecule has 0 unspecified atom stereocenters. The molecule has 0 saturated carbocycles. The normalized spacial score (nSPS) is 11.5. The first-order valence-corrected chi connectivity index (χ1v) is 5.84. The number of halogens is 2. The lowest BCUT2D eigenvalue weighted by atomic mass is 10.1. The van der Waals surface area contributed by atoms with Crippen molar-refractivity contribution in [2.75, 3.05) is 0 Å². The van der Waals surface area contributed by atoms with Gasteiger partial charge < -0.3 is 4.42 Å². The Bertz CT molecular complexity index is 657. The van der Waals surface area contributed by atoms with E-state index in [9.17, 15) is 13.6 Å². The largest absolute Gasteiger partial charge is 0.469 e. The van der Waals surface area contributed by atoms with Crippen molar-refractivity contribution in [2.24, 2.45) is 5.10 Å². The molecule has 104 valence electrons. The molecule has 0 bridgehead atoms. The molecule has 0 aliphatic heterocycles. The fraction of sp³-hybridized carbons (Fsp3) is 0.143. The predicted molar refractivity (Wildman–Crippen MR) is 69.5 cm³/mol. The Labute approximate surface area is 114 Å². The first-order valence-electron chi connectivity index (χ1n) is 5.84. The van der Waals surface area contributed by atoms with E-state index in [1.807, 2.05) is 0 Å². The van der Waals surface area contributed by atoms with Gasteiger partial charge >= 0.3 is 0 Å². The quantitative estimate of drug-likeness (QED) is 0.693. The summed E-state index contributed by atoms with van der Waals surface area (Å²) in [5.41, 5.74) is 2.32. The summed E-state index contributed by atoms with van der Waals surface area (Å²) in [6.07, 6.45) is 1.37. The molecule has 1 heterocycles. The Balaban J connectivity index is 2.20. The van der Waals surface area contributed by atoms with Crippen molar-refractivity contribution >= 4 is 11.6 Å². The number of benzene rings is 1. The van der Waals surface area contributed by atoms with E-state index in [0.29, 0.717) is 11.3 Å². The Hall–Kier alpha value is -2.50. The number of hydrogen-bond acceptors (Lipinski definition) is 3. The van der Waals surface area contributed by atoms with Crippen molar-refractivity contribution in [2.45, 2.75) is 13.8 Å². The van der Waals surface area contributed by atoms with Crippen LogP contribution in [0.15, 0.2) is 40.0 Å². The molecule has 1 amide bonds. The van der Waals surface area contributed by atoms with Gasteiger partial charge in [-0.05, 0) is 32.0 Å². The van der Waals surface area contributed by atoms with Crippen molar-refractivity contribution in [1.29, 1.82) is 0 Å². The Morgan fingerprint density at radius 2 is 1.90 bits per heavy atom. The van der Waals surface area contributed by atoms with Crippen LogP contribution in [0.1, 0.15) is 28.6 Å². The molecule has 0 radical (unpaired) electrons. The molecule has 6 heteroatoms. The van der Waals surface area contributed by atoms with Crippen LogP contribution in [0.25, 0.3) is 0 Å². The number of nitrogens with zero attached hydrogens (tertiary/aromatic N) is 1. The average Bonchev–Trinajstić information content (AvgIpc) is 2.82. The topological polar surface area (TPSA) is 54.6 Å². The Morgan fingerprint density at radius 1 is 1.25 bits per heavy atom. The van der Waals surface area contributed by atoms with Crippen molar-refractivity contribution in [1.82, 2.24) is 5.43 Å². The second-order valence-corrected chi connectivity index (χ2v) is 4.13. The van der Waals surface area contributed by atoms with Gasteiger partial charge in [-0.15, -0.1) is 0 Å². The molecule has 20 heavy (non-hydrogen) atoms. The van der Waals surface area contributed by atoms with Gasteiger partial charge in [0.05, 0.1) is 23.1 Å². The molecule has 4 nitrogen and oxygen atoms in total.